The van der Waals surface area contributed by atoms with Gasteiger partial charge in [0, 0.05) is 18.5 Å². The number of aliphatic carboxylic acids is 1. The van der Waals surface area contributed by atoms with Gasteiger partial charge in [-0.2, -0.15) is 0 Å². The van der Waals surface area contributed by atoms with E-state index in [1.54, 1.807) is 6.08 Å². The molecule has 0 aromatic rings. The SMILES string of the molecule is CC[C@@H](CCC1CCCCC1)O[C@@H]1C=C(C(=O)O)C[C@H](N)[C@H]1NC(C)=O. The second-order valence-electron chi connectivity index (χ2n) is 7.80. The van der Waals surface area contributed by atoms with Gasteiger partial charge in [-0.15, -0.1) is 0 Å². The van der Waals surface area contributed by atoms with E-state index >= 15 is 0 Å². The average molecular weight is 367 g/mol. The molecule has 148 valence electrons. The van der Waals surface area contributed by atoms with Crippen molar-refractivity contribution in [1.29, 1.82) is 0 Å². The number of carboxylic acid groups (broad SMARTS) is 1. The molecule has 0 aromatic heterocycles. The van der Waals surface area contributed by atoms with E-state index in [2.05, 4.69) is 12.2 Å². The second kappa shape index (κ2) is 10.1. The minimum atomic E-state index is -0.967. The number of hydrogen-bond donors (Lipinski definition) is 3. The number of carbonyl (C=O) groups is 2. The summed E-state index contributed by atoms with van der Waals surface area (Å²) in [4.78, 5) is 22.9. The number of nitrogens with one attached hydrogen (secondary N) is 1. The van der Waals surface area contributed by atoms with Crippen LogP contribution in [0.25, 0.3) is 0 Å². The highest BCUT2D eigenvalue weighted by Crippen LogP contribution is 2.29. The Bertz CT molecular complexity index is 514. The van der Waals surface area contributed by atoms with Gasteiger partial charge in [0.25, 0.3) is 0 Å². The van der Waals surface area contributed by atoms with Crippen molar-refractivity contribution < 1.29 is 19.4 Å². The third-order valence-corrected chi connectivity index (χ3v) is 5.71. The molecule has 4 atom stereocenters. The van der Waals surface area contributed by atoms with Crippen molar-refractivity contribution >= 4 is 11.9 Å². The molecule has 4 N–H and O–H groups in total. The van der Waals surface area contributed by atoms with Crippen molar-refractivity contribution in [3.63, 3.8) is 0 Å². The zero-order valence-corrected chi connectivity index (χ0v) is 16.1. The maximum absolute atomic E-state index is 11.5. The molecule has 1 amide bonds. The maximum atomic E-state index is 11.5. The fourth-order valence-electron chi connectivity index (χ4n) is 4.19. The molecule has 0 bridgehead atoms. The molecule has 6 nitrogen and oxygen atoms in total. The second-order valence-corrected chi connectivity index (χ2v) is 7.80. The average Bonchev–Trinajstić information content (AvgIpc) is 2.61. The highest BCUT2D eigenvalue weighted by Gasteiger charge is 2.35. The van der Waals surface area contributed by atoms with Crippen molar-refractivity contribution in [3.8, 4) is 0 Å². The smallest absolute Gasteiger partial charge is 0.331 e. The molecule has 2 aliphatic carbocycles. The van der Waals surface area contributed by atoms with Gasteiger partial charge < -0.3 is 20.9 Å². The fraction of sp³-hybridized carbons (Fsp3) is 0.800. The number of amides is 1. The molecule has 0 saturated heterocycles. The molecule has 0 heterocycles. The summed E-state index contributed by atoms with van der Waals surface area (Å²) in [7, 11) is 0. The highest BCUT2D eigenvalue weighted by atomic mass is 16.5. The van der Waals surface area contributed by atoms with Crippen LogP contribution in [0, 0.1) is 5.92 Å². The van der Waals surface area contributed by atoms with Gasteiger partial charge in [0.1, 0.15) is 0 Å². The van der Waals surface area contributed by atoms with E-state index in [4.69, 9.17) is 10.5 Å². The van der Waals surface area contributed by atoms with E-state index in [0.29, 0.717) is 0 Å². The Morgan fingerprint density at radius 2 is 2.04 bits per heavy atom. The number of carboxylic acids is 1. The predicted molar refractivity (Wildman–Crippen MR) is 101 cm³/mol. The van der Waals surface area contributed by atoms with Gasteiger partial charge in [0.2, 0.25) is 5.91 Å². The number of hydrogen-bond acceptors (Lipinski definition) is 4. The molecule has 1 fully saturated rings. The molecule has 6 heteroatoms. The van der Waals surface area contributed by atoms with Gasteiger partial charge in [-0.05, 0) is 37.7 Å². The monoisotopic (exact) mass is 366 g/mol. The highest BCUT2D eigenvalue weighted by molar-refractivity contribution is 5.87. The largest absolute Gasteiger partial charge is 0.478 e. The molecule has 26 heavy (non-hydrogen) atoms. The number of carbonyl (C=O) groups excluding carboxylic acids is 1. The number of rotatable bonds is 8. The first kappa shape index (κ1) is 20.9. The molecule has 2 rings (SSSR count). The van der Waals surface area contributed by atoms with Crippen LogP contribution in [0.4, 0.5) is 0 Å². The van der Waals surface area contributed by atoms with E-state index in [1.807, 2.05) is 0 Å². The van der Waals surface area contributed by atoms with Gasteiger partial charge in [0.15, 0.2) is 0 Å². The Balaban J connectivity index is 2.02. The van der Waals surface area contributed by atoms with E-state index < -0.39 is 18.1 Å². The van der Waals surface area contributed by atoms with Gasteiger partial charge in [-0.3, -0.25) is 4.79 Å². The lowest BCUT2D eigenvalue weighted by Gasteiger charge is -2.36. The lowest BCUT2D eigenvalue weighted by Crippen LogP contribution is -2.57. The molecule has 1 saturated carbocycles. The van der Waals surface area contributed by atoms with Crippen LogP contribution in [-0.4, -0.2) is 41.3 Å². The van der Waals surface area contributed by atoms with Crippen molar-refractivity contribution in [2.45, 2.75) is 95.9 Å². The normalized spacial score (nSPS) is 28.3. The molecule has 0 radical (unpaired) electrons. The predicted octanol–water partition coefficient (Wildman–Crippen LogP) is 2.76. The Hall–Kier alpha value is -1.40. The van der Waals surface area contributed by atoms with E-state index in [-0.39, 0.29) is 30.0 Å². The lowest BCUT2D eigenvalue weighted by molar-refractivity contribution is -0.133. The van der Waals surface area contributed by atoms with Gasteiger partial charge >= 0.3 is 5.97 Å². The summed E-state index contributed by atoms with van der Waals surface area (Å²) < 4.78 is 6.26. The third kappa shape index (κ3) is 6.09. The van der Waals surface area contributed by atoms with Crippen LogP contribution in [0.3, 0.4) is 0 Å². The van der Waals surface area contributed by atoms with Gasteiger partial charge in [0.05, 0.1) is 18.2 Å². The van der Waals surface area contributed by atoms with E-state index in [1.165, 1.54) is 39.0 Å². The van der Waals surface area contributed by atoms with Gasteiger partial charge in [-0.25, -0.2) is 4.79 Å². The topological polar surface area (TPSA) is 102 Å². The molecule has 0 spiro atoms. The first-order valence-electron chi connectivity index (χ1n) is 10.0. The minimum Gasteiger partial charge on any atom is -0.478 e. The number of ether oxygens (including phenoxy) is 1. The van der Waals surface area contributed by atoms with E-state index in [9.17, 15) is 14.7 Å². The standard InChI is InChI=1S/C20H34N2O4/c1-3-16(10-9-14-7-5-4-6-8-14)26-18-12-15(20(24)25)11-17(21)19(18)22-13(2)23/h12,14,16-19H,3-11,21H2,1-2H3,(H,22,23)(H,24,25)/t16-,17-,18+,19+/m0/s1. The molecule has 2 aliphatic rings. The zero-order chi connectivity index (χ0) is 19.1. The fourth-order valence-corrected chi connectivity index (χ4v) is 4.19. The Kier molecular flexibility index (Phi) is 8.10. The van der Waals surface area contributed by atoms with Crippen molar-refractivity contribution in [3.05, 3.63) is 11.6 Å². The summed E-state index contributed by atoms with van der Waals surface area (Å²) in [5.74, 6) is -0.363. The van der Waals surface area contributed by atoms with Crippen LogP contribution < -0.4 is 11.1 Å². The Morgan fingerprint density at radius 1 is 1.35 bits per heavy atom. The zero-order valence-electron chi connectivity index (χ0n) is 16.1. The van der Waals surface area contributed by atoms with Crippen molar-refractivity contribution in [1.82, 2.24) is 5.32 Å². The van der Waals surface area contributed by atoms with Crippen LogP contribution in [0.15, 0.2) is 11.6 Å². The minimum absolute atomic E-state index is 0.0507. The number of nitrogens with two attached hydrogens (primary N) is 1. The summed E-state index contributed by atoms with van der Waals surface area (Å²) in [5, 5.41) is 12.2. The van der Waals surface area contributed by atoms with Crippen LogP contribution in [0.5, 0.6) is 0 Å². The van der Waals surface area contributed by atoms with Crippen LogP contribution in [0.1, 0.15) is 71.6 Å². The Labute approximate surface area is 156 Å². The summed E-state index contributed by atoms with van der Waals surface area (Å²) in [6.07, 6.45) is 11.0. The molecule has 0 aromatic carbocycles. The van der Waals surface area contributed by atoms with Gasteiger partial charge in [-0.1, -0.05) is 39.0 Å². The van der Waals surface area contributed by atoms with Crippen molar-refractivity contribution in [2.75, 3.05) is 0 Å². The molecular formula is C20H34N2O4. The Morgan fingerprint density at radius 3 is 2.62 bits per heavy atom. The summed E-state index contributed by atoms with van der Waals surface area (Å²) >= 11 is 0. The van der Waals surface area contributed by atoms with Crippen LogP contribution >= 0.6 is 0 Å². The van der Waals surface area contributed by atoms with Crippen LogP contribution in [-0.2, 0) is 14.3 Å². The van der Waals surface area contributed by atoms with Crippen molar-refractivity contribution in [2.24, 2.45) is 11.7 Å². The summed E-state index contributed by atoms with van der Waals surface area (Å²) in [5.41, 5.74) is 6.42. The first-order valence-corrected chi connectivity index (χ1v) is 10.0. The first-order chi connectivity index (χ1) is 12.4. The summed E-state index contributed by atoms with van der Waals surface area (Å²) in [6, 6.07) is -0.852. The maximum Gasteiger partial charge on any atom is 0.331 e. The molecular weight excluding hydrogens is 332 g/mol. The molecule has 0 aliphatic heterocycles. The summed E-state index contributed by atoms with van der Waals surface area (Å²) in [6.45, 7) is 3.53. The lowest BCUT2D eigenvalue weighted by atomic mass is 9.85. The van der Waals surface area contributed by atoms with E-state index in [0.717, 1.165) is 25.2 Å². The quantitative estimate of drug-likeness (QED) is 0.613. The molecule has 0 unspecified atom stereocenters. The van der Waals surface area contributed by atoms with Crippen LogP contribution in [0.2, 0.25) is 0 Å². The third-order valence-electron chi connectivity index (χ3n) is 5.71.